The van der Waals surface area contributed by atoms with E-state index in [9.17, 15) is 0 Å². The lowest BCUT2D eigenvalue weighted by atomic mass is 10.2. The van der Waals surface area contributed by atoms with Crippen LogP contribution in [0.3, 0.4) is 0 Å². The maximum Gasteiger partial charge on any atom is 0.0810 e. The lowest BCUT2D eigenvalue weighted by Gasteiger charge is -1.97. The number of hydrogen-bond donors (Lipinski definition) is 0. The fraction of sp³-hybridized carbons (Fsp3) is 0.625. The molecule has 3 nitrogen and oxygen atoms in total. The minimum atomic E-state index is 0.561. The zero-order valence-corrected chi connectivity index (χ0v) is 6.44. The molecule has 1 aliphatic rings. The van der Waals surface area contributed by atoms with Gasteiger partial charge < -0.3 is 4.74 Å². The molecule has 0 aromatic carbocycles. The number of nitrogens with zero attached hydrogens (tertiary/aromatic N) is 2. The van der Waals surface area contributed by atoms with E-state index in [1.54, 1.807) is 0 Å². The first kappa shape index (κ1) is 6.85. The Morgan fingerprint density at radius 3 is 3.18 bits per heavy atom. The van der Waals surface area contributed by atoms with Crippen LogP contribution in [0.4, 0.5) is 0 Å². The van der Waals surface area contributed by atoms with Gasteiger partial charge in [0.25, 0.3) is 0 Å². The van der Waals surface area contributed by atoms with E-state index in [0.717, 1.165) is 13.2 Å². The topological polar surface area (TPSA) is 30.4 Å². The summed E-state index contributed by atoms with van der Waals surface area (Å²) in [7, 11) is 0. The summed E-state index contributed by atoms with van der Waals surface area (Å²) in [5.74, 6) is 0. The minimum absolute atomic E-state index is 0.561. The van der Waals surface area contributed by atoms with E-state index in [1.165, 1.54) is 12.8 Å². The van der Waals surface area contributed by atoms with Gasteiger partial charge in [-0.05, 0) is 18.9 Å². The summed E-state index contributed by atoms with van der Waals surface area (Å²) < 4.78 is 7.06. The van der Waals surface area contributed by atoms with E-state index in [1.807, 2.05) is 23.1 Å². The number of aryl methyl sites for hydroxylation is 1. The molecule has 1 saturated heterocycles. The summed E-state index contributed by atoms with van der Waals surface area (Å²) in [5, 5.41) is 4.11. The Hall–Kier alpha value is -0.830. The molecule has 0 spiro atoms. The first-order chi connectivity index (χ1) is 5.45. The molecule has 60 valence electrons. The van der Waals surface area contributed by atoms with E-state index < -0.39 is 0 Å². The van der Waals surface area contributed by atoms with Crippen LogP contribution in [0.2, 0.25) is 0 Å². The van der Waals surface area contributed by atoms with Crippen molar-refractivity contribution in [2.45, 2.75) is 25.5 Å². The Morgan fingerprint density at radius 1 is 1.64 bits per heavy atom. The van der Waals surface area contributed by atoms with Crippen molar-refractivity contribution >= 4 is 0 Å². The van der Waals surface area contributed by atoms with Crippen molar-refractivity contribution < 1.29 is 4.74 Å². The monoisotopic (exact) mass is 152 g/mol. The Morgan fingerprint density at radius 2 is 2.55 bits per heavy atom. The van der Waals surface area contributed by atoms with Gasteiger partial charge in [0.05, 0.1) is 12.7 Å². The predicted molar refractivity (Wildman–Crippen MR) is 41.2 cm³/mol. The molecule has 0 bridgehead atoms. The first-order valence-corrected chi connectivity index (χ1v) is 4.04. The number of ether oxygens (including phenoxy) is 1. The highest BCUT2D eigenvalue weighted by Crippen LogP contribution is 2.15. The maximum atomic E-state index is 5.10. The lowest BCUT2D eigenvalue weighted by Crippen LogP contribution is -1.99. The molecule has 2 heterocycles. The van der Waals surface area contributed by atoms with Crippen molar-refractivity contribution in [1.82, 2.24) is 9.78 Å². The second-order valence-corrected chi connectivity index (χ2v) is 2.87. The number of epoxide rings is 1. The van der Waals surface area contributed by atoms with Crippen LogP contribution in [0.25, 0.3) is 0 Å². The molecule has 1 fully saturated rings. The molecule has 1 unspecified atom stereocenters. The van der Waals surface area contributed by atoms with Crippen molar-refractivity contribution in [3.8, 4) is 0 Å². The van der Waals surface area contributed by atoms with Gasteiger partial charge in [-0.1, -0.05) is 0 Å². The van der Waals surface area contributed by atoms with Crippen LogP contribution < -0.4 is 0 Å². The van der Waals surface area contributed by atoms with E-state index in [0.29, 0.717) is 6.10 Å². The highest BCUT2D eigenvalue weighted by Gasteiger charge is 2.20. The third-order valence-corrected chi connectivity index (χ3v) is 1.87. The van der Waals surface area contributed by atoms with Crippen LogP contribution in [0.15, 0.2) is 18.5 Å². The van der Waals surface area contributed by atoms with Gasteiger partial charge in [0, 0.05) is 18.9 Å². The summed E-state index contributed by atoms with van der Waals surface area (Å²) in [6.07, 6.45) is 6.72. The Bertz CT molecular complexity index is 204. The van der Waals surface area contributed by atoms with Gasteiger partial charge >= 0.3 is 0 Å². The average Bonchev–Trinajstić information content (AvgIpc) is 2.66. The molecule has 11 heavy (non-hydrogen) atoms. The fourth-order valence-electron chi connectivity index (χ4n) is 1.15. The van der Waals surface area contributed by atoms with Crippen molar-refractivity contribution in [2.75, 3.05) is 6.61 Å². The standard InChI is InChI=1S/C8H12N2O/c1(3-8-7-11-8)5-10-6-2-4-9-10/h2,4,6,8H,1,3,5,7H2. The third-order valence-electron chi connectivity index (χ3n) is 1.87. The summed E-state index contributed by atoms with van der Waals surface area (Å²) in [4.78, 5) is 0. The van der Waals surface area contributed by atoms with E-state index in [2.05, 4.69) is 5.10 Å². The number of aromatic nitrogens is 2. The molecule has 1 aromatic rings. The maximum absolute atomic E-state index is 5.10. The lowest BCUT2D eigenvalue weighted by molar-refractivity contribution is 0.383. The van der Waals surface area contributed by atoms with Crippen molar-refractivity contribution in [3.63, 3.8) is 0 Å². The number of hydrogen-bond acceptors (Lipinski definition) is 2. The van der Waals surface area contributed by atoms with Gasteiger partial charge in [-0.15, -0.1) is 0 Å². The largest absolute Gasteiger partial charge is 0.373 e. The quantitative estimate of drug-likeness (QED) is 0.604. The SMILES string of the molecule is c1cnn(CCCC2CO2)c1. The zero-order chi connectivity index (χ0) is 7.52. The highest BCUT2D eigenvalue weighted by atomic mass is 16.6. The van der Waals surface area contributed by atoms with Gasteiger partial charge in [0.1, 0.15) is 0 Å². The van der Waals surface area contributed by atoms with Gasteiger partial charge in [0.2, 0.25) is 0 Å². The first-order valence-electron chi connectivity index (χ1n) is 4.04. The number of rotatable bonds is 4. The Kier molecular flexibility index (Phi) is 1.90. The summed E-state index contributed by atoms with van der Waals surface area (Å²) in [5.41, 5.74) is 0. The van der Waals surface area contributed by atoms with Gasteiger partial charge in [-0.25, -0.2) is 0 Å². The second-order valence-electron chi connectivity index (χ2n) is 2.87. The molecule has 2 rings (SSSR count). The van der Waals surface area contributed by atoms with Gasteiger partial charge in [0.15, 0.2) is 0 Å². The molecule has 0 radical (unpaired) electrons. The van der Waals surface area contributed by atoms with Crippen LogP contribution in [0.5, 0.6) is 0 Å². The molecule has 1 atom stereocenters. The van der Waals surface area contributed by atoms with Crippen molar-refractivity contribution in [1.29, 1.82) is 0 Å². The highest BCUT2D eigenvalue weighted by molar-refractivity contribution is 4.78. The molecular formula is C8H12N2O. The van der Waals surface area contributed by atoms with Crippen LogP contribution in [-0.2, 0) is 11.3 Å². The van der Waals surface area contributed by atoms with Gasteiger partial charge in [-0.2, -0.15) is 5.10 Å². The Balaban J connectivity index is 1.66. The molecular weight excluding hydrogens is 140 g/mol. The molecule has 1 aromatic heterocycles. The fourth-order valence-corrected chi connectivity index (χ4v) is 1.15. The second kappa shape index (κ2) is 3.05. The predicted octanol–water partition coefficient (Wildman–Crippen LogP) is 1.06. The average molecular weight is 152 g/mol. The third kappa shape index (κ3) is 2.05. The Labute approximate surface area is 66.0 Å². The van der Waals surface area contributed by atoms with E-state index in [-0.39, 0.29) is 0 Å². The molecule has 3 heteroatoms. The summed E-state index contributed by atoms with van der Waals surface area (Å²) in [6, 6.07) is 1.95. The minimum Gasteiger partial charge on any atom is -0.373 e. The van der Waals surface area contributed by atoms with Crippen LogP contribution in [0, 0.1) is 0 Å². The van der Waals surface area contributed by atoms with Crippen LogP contribution in [-0.4, -0.2) is 22.5 Å². The van der Waals surface area contributed by atoms with E-state index in [4.69, 9.17) is 4.74 Å². The molecule has 0 N–H and O–H groups in total. The molecule has 1 aliphatic heterocycles. The van der Waals surface area contributed by atoms with Crippen LogP contribution >= 0.6 is 0 Å². The zero-order valence-electron chi connectivity index (χ0n) is 6.44. The normalized spacial score (nSPS) is 22.0. The summed E-state index contributed by atoms with van der Waals surface area (Å²) >= 11 is 0. The molecule has 0 aliphatic carbocycles. The molecule has 0 saturated carbocycles. The summed E-state index contributed by atoms with van der Waals surface area (Å²) in [6.45, 7) is 1.99. The van der Waals surface area contributed by atoms with E-state index >= 15 is 0 Å². The van der Waals surface area contributed by atoms with Crippen LogP contribution in [0.1, 0.15) is 12.8 Å². The van der Waals surface area contributed by atoms with Crippen molar-refractivity contribution in [3.05, 3.63) is 18.5 Å². The van der Waals surface area contributed by atoms with Crippen molar-refractivity contribution in [2.24, 2.45) is 0 Å². The van der Waals surface area contributed by atoms with Gasteiger partial charge in [-0.3, -0.25) is 4.68 Å². The molecule has 0 amide bonds. The smallest absolute Gasteiger partial charge is 0.0810 e.